The van der Waals surface area contributed by atoms with Crippen LogP contribution in [-0.2, 0) is 0 Å². The molecule has 0 aromatic carbocycles. The minimum absolute atomic E-state index is 0.420. The standard InChI is InChI=1S/C8H20P.BH4O4/c1-5-9(6-2,7-3)8-4;2-1(3,4)5/h5-8H2,1-4H3;2-5H/q+1;-1. The van der Waals surface area contributed by atoms with Crippen molar-refractivity contribution in [3.63, 3.8) is 0 Å². The highest BCUT2D eigenvalue weighted by Crippen LogP contribution is 2.57. The van der Waals surface area contributed by atoms with Crippen molar-refractivity contribution in [1.29, 1.82) is 0 Å². The molecule has 0 saturated carbocycles. The Morgan fingerprint density at radius 3 is 0.857 bits per heavy atom. The fraction of sp³-hybridized carbons (Fsp3) is 1.00. The average Bonchev–Trinajstić information content (AvgIpc) is 2.07. The Labute approximate surface area is 87.4 Å². The first-order chi connectivity index (χ1) is 6.24. The van der Waals surface area contributed by atoms with Crippen LogP contribution in [0.25, 0.3) is 0 Å². The molecule has 0 aliphatic rings. The van der Waals surface area contributed by atoms with E-state index in [2.05, 4.69) is 27.7 Å². The SMILES string of the molecule is CC[P+](CC)(CC)CC.O[B-](O)(O)O. The molecule has 0 bridgehead atoms. The van der Waals surface area contributed by atoms with Crippen LogP contribution in [-0.4, -0.2) is 51.7 Å². The van der Waals surface area contributed by atoms with Crippen LogP contribution in [0.4, 0.5) is 0 Å². The van der Waals surface area contributed by atoms with Crippen molar-refractivity contribution in [2.45, 2.75) is 27.7 Å². The topological polar surface area (TPSA) is 80.9 Å². The molecule has 88 valence electrons. The Bertz CT molecular complexity index is 110. The molecule has 0 fully saturated rings. The smallest absolute Gasteiger partial charge is 0.521 e. The zero-order valence-electron chi connectivity index (χ0n) is 9.64. The highest BCUT2D eigenvalue weighted by Gasteiger charge is 2.27. The number of rotatable bonds is 4. The summed E-state index contributed by atoms with van der Waals surface area (Å²) in [5.41, 5.74) is 0. The highest BCUT2D eigenvalue weighted by molar-refractivity contribution is 7.75. The van der Waals surface area contributed by atoms with Crippen molar-refractivity contribution in [3.05, 3.63) is 0 Å². The molecule has 0 aliphatic heterocycles. The van der Waals surface area contributed by atoms with Gasteiger partial charge in [-0.25, -0.2) is 0 Å². The van der Waals surface area contributed by atoms with Gasteiger partial charge in [0.05, 0.1) is 24.6 Å². The molecule has 4 nitrogen and oxygen atoms in total. The van der Waals surface area contributed by atoms with Crippen molar-refractivity contribution in [1.82, 2.24) is 0 Å². The summed E-state index contributed by atoms with van der Waals surface area (Å²) in [5, 5.41) is 29.0. The Kier molecular flexibility index (Phi) is 9.10. The summed E-state index contributed by atoms with van der Waals surface area (Å²) in [4.78, 5) is 0. The van der Waals surface area contributed by atoms with Crippen molar-refractivity contribution in [2.75, 3.05) is 24.6 Å². The van der Waals surface area contributed by atoms with Gasteiger partial charge in [-0.05, 0) is 27.7 Å². The van der Waals surface area contributed by atoms with Gasteiger partial charge in [0.1, 0.15) is 0 Å². The van der Waals surface area contributed by atoms with Gasteiger partial charge in [0, 0.05) is 7.26 Å². The van der Waals surface area contributed by atoms with Gasteiger partial charge in [-0.2, -0.15) is 0 Å². The van der Waals surface area contributed by atoms with E-state index in [1.165, 1.54) is 24.6 Å². The first kappa shape index (κ1) is 16.8. The lowest BCUT2D eigenvalue weighted by Gasteiger charge is -2.20. The fourth-order valence-corrected chi connectivity index (χ4v) is 4.02. The van der Waals surface area contributed by atoms with Crippen LogP contribution in [0, 0.1) is 0 Å². The zero-order valence-corrected chi connectivity index (χ0v) is 10.5. The summed E-state index contributed by atoms with van der Waals surface area (Å²) in [7, 11) is -0.420. The lowest BCUT2D eigenvalue weighted by atomic mass is 10.1. The van der Waals surface area contributed by atoms with Gasteiger partial charge in [-0.3, -0.25) is 0 Å². The van der Waals surface area contributed by atoms with E-state index in [1.807, 2.05) is 0 Å². The van der Waals surface area contributed by atoms with Crippen LogP contribution in [0.15, 0.2) is 0 Å². The molecule has 4 N–H and O–H groups in total. The third-order valence-corrected chi connectivity index (χ3v) is 8.05. The first-order valence-corrected chi connectivity index (χ1v) is 7.66. The van der Waals surface area contributed by atoms with Crippen molar-refractivity contribution >= 4 is 14.2 Å². The van der Waals surface area contributed by atoms with Gasteiger partial charge in [-0.1, -0.05) is 0 Å². The maximum absolute atomic E-state index is 7.25. The predicted octanol–water partition coefficient (Wildman–Crippen LogP) is 0.475. The summed E-state index contributed by atoms with van der Waals surface area (Å²) in [6.07, 6.45) is 5.82. The molecule has 0 aromatic heterocycles. The Morgan fingerprint density at radius 1 is 0.714 bits per heavy atom. The van der Waals surface area contributed by atoms with Crippen LogP contribution in [0.5, 0.6) is 0 Å². The molecule has 0 saturated heterocycles. The molecular weight excluding hydrogens is 202 g/mol. The molecule has 0 radical (unpaired) electrons. The zero-order chi connectivity index (χ0) is 11.8. The van der Waals surface area contributed by atoms with Gasteiger partial charge in [0.2, 0.25) is 0 Å². The van der Waals surface area contributed by atoms with Crippen molar-refractivity contribution in [2.24, 2.45) is 0 Å². The normalized spacial score (nSPS) is 12.0. The largest absolute Gasteiger partial charge is 0.534 e. The van der Waals surface area contributed by atoms with E-state index in [0.29, 0.717) is 0 Å². The molecule has 0 amide bonds. The van der Waals surface area contributed by atoms with Crippen LogP contribution in [0.1, 0.15) is 27.7 Å². The predicted molar refractivity (Wildman–Crippen MR) is 63.7 cm³/mol. The minimum atomic E-state index is -4.00. The Morgan fingerprint density at radius 2 is 0.857 bits per heavy atom. The molecular formula is C8H24BO4P. The van der Waals surface area contributed by atoms with E-state index in [0.717, 1.165) is 0 Å². The van der Waals surface area contributed by atoms with E-state index >= 15 is 0 Å². The maximum Gasteiger partial charge on any atom is 0.521 e. The van der Waals surface area contributed by atoms with Crippen molar-refractivity contribution < 1.29 is 20.1 Å². The van der Waals surface area contributed by atoms with Crippen LogP contribution < -0.4 is 0 Å². The summed E-state index contributed by atoms with van der Waals surface area (Å²) in [5.74, 6) is 0. The lowest BCUT2D eigenvalue weighted by Crippen LogP contribution is -2.33. The molecule has 0 spiro atoms. The van der Waals surface area contributed by atoms with Gasteiger partial charge in [0.25, 0.3) is 0 Å². The fourth-order valence-electron chi connectivity index (χ4n) is 1.34. The third-order valence-electron chi connectivity index (χ3n) is 2.68. The second kappa shape index (κ2) is 7.60. The van der Waals surface area contributed by atoms with Gasteiger partial charge in [0.15, 0.2) is 0 Å². The second-order valence-electron chi connectivity index (χ2n) is 3.30. The summed E-state index contributed by atoms with van der Waals surface area (Å²) < 4.78 is 0. The van der Waals surface area contributed by atoms with E-state index in [-0.39, 0.29) is 0 Å². The monoisotopic (exact) mass is 226 g/mol. The van der Waals surface area contributed by atoms with E-state index < -0.39 is 14.2 Å². The quantitative estimate of drug-likeness (QED) is 0.415. The molecule has 14 heavy (non-hydrogen) atoms. The van der Waals surface area contributed by atoms with Gasteiger partial charge >= 0.3 is 6.96 Å². The summed E-state index contributed by atoms with van der Waals surface area (Å²) in [6, 6.07) is 0. The van der Waals surface area contributed by atoms with Crippen LogP contribution >= 0.6 is 7.26 Å². The molecule has 0 unspecified atom stereocenters. The highest BCUT2D eigenvalue weighted by atomic mass is 31.2. The van der Waals surface area contributed by atoms with E-state index in [9.17, 15) is 0 Å². The molecule has 6 heteroatoms. The van der Waals surface area contributed by atoms with Crippen molar-refractivity contribution in [3.8, 4) is 0 Å². The molecule has 0 aliphatic carbocycles. The summed E-state index contributed by atoms with van der Waals surface area (Å²) >= 11 is 0. The van der Waals surface area contributed by atoms with Crippen LogP contribution in [0.2, 0.25) is 0 Å². The van der Waals surface area contributed by atoms with E-state index in [4.69, 9.17) is 20.1 Å². The average molecular weight is 226 g/mol. The molecule has 0 aromatic rings. The third kappa shape index (κ3) is 10.4. The second-order valence-corrected chi connectivity index (χ2v) is 8.51. The molecule has 0 rings (SSSR count). The maximum atomic E-state index is 7.25. The first-order valence-electron chi connectivity index (χ1n) is 5.13. The lowest BCUT2D eigenvalue weighted by molar-refractivity contribution is 0.117. The molecule has 0 atom stereocenters. The molecule has 0 heterocycles. The van der Waals surface area contributed by atoms with Crippen LogP contribution in [0.3, 0.4) is 0 Å². The van der Waals surface area contributed by atoms with E-state index in [1.54, 1.807) is 0 Å². The number of hydrogen-bond acceptors (Lipinski definition) is 4. The summed E-state index contributed by atoms with van der Waals surface area (Å²) in [6.45, 7) is 5.41. The van der Waals surface area contributed by atoms with Gasteiger partial charge in [-0.15, -0.1) is 0 Å². The van der Waals surface area contributed by atoms with Gasteiger partial charge < -0.3 is 20.1 Å². The number of hydrogen-bond donors (Lipinski definition) is 4. The minimum Gasteiger partial charge on any atom is -0.534 e. The Balaban J connectivity index is 0. The Hall–Kier alpha value is 0.335.